The van der Waals surface area contributed by atoms with Crippen LogP contribution in [0.2, 0.25) is 0 Å². The van der Waals surface area contributed by atoms with Gasteiger partial charge in [-0.2, -0.15) is 5.10 Å². The molecule has 0 fully saturated rings. The van der Waals surface area contributed by atoms with Crippen molar-refractivity contribution >= 4 is 15.7 Å². The molecule has 0 aliphatic carbocycles. The summed E-state index contributed by atoms with van der Waals surface area (Å²) in [5.41, 5.74) is 0.985. The molecule has 0 bridgehead atoms. The van der Waals surface area contributed by atoms with Gasteiger partial charge in [-0.15, -0.1) is 0 Å². The van der Waals surface area contributed by atoms with E-state index in [2.05, 4.69) is 15.1 Å². The summed E-state index contributed by atoms with van der Waals surface area (Å²) in [7, 11) is -2.25. The standard InChI is InChI=1S/C13H17FN4O2S/c1-3-18-9-11(8-16-18)17-21(19,20)13-6-10(7-15-2)4-5-12(13)14/h4-6,8-9,15,17H,3,7H2,1-2H3. The highest BCUT2D eigenvalue weighted by Gasteiger charge is 2.20. The van der Waals surface area contributed by atoms with Crippen molar-refractivity contribution in [3.63, 3.8) is 0 Å². The summed E-state index contributed by atoms with van der Waals surface area (Å²) in [4.78, 5) is -0.375. The second-order valence-electron chi connectivity index (χ2n) is 4.49. The first-order valence-corrected chi connectivity index (χ1v) is 7.93. The summed E-state index contributed by atoms with van der Waals surface area (Å²) in [6.45, 7) is 2.95. The summed E-state index contributed by atoms with van der Waals surface area (Å²) < 4.78 is 42.3. The number of hydrogen-bond donors (Lipinski definition) is 2. The Morgan fingerprint density at radius 1 is 1.38 bits per heavy atom. The second-order valence-corrected chi connectivity index (χ2v) is 6.14. The summed E-state index contributed by atoms with van der Waals surface area (Å²) in [5, 5.41) is 6.86. The minimum Gasteiger partial charge on any atom is -0.316 e. The highest BCUT2D eigenvalue weighted by atomic mass is 32.2. The zero-order valence-electron chi connectivity index (χ0n) is 11.8. The van der Waals surface area contributed by atoms with Crippen molar-refractivity contribution in [1.82, 2.24) is 15.1 Å². The molecule has 0 aliphatic rings. The lowest BCUT2D eigenvalue weighted by molar-refractivity contribution is 0.569. The molecule has 21 heavy (non-hydrogen) atoms. The molecule has 0 saturated carbocycles. The van der Waals surface area contributed by atoms with Gasteiger partial charge in [-0.1, -0.05) is 6.07 Å². The van der Waals surface area contributed by atoms with Crippen molar-refractivity contribution in [2.75, 3.05) is 11.8 Å². The van der Waals surface area contributed by atoms with E-state index in [9.17, 15) is 12.8 Å². The van der Waals surface area contributed by atoms with Crippen LogP contribution in [0.5, 0.6) is 0 Å². The van der Waals surface area contributed by atoms with Gasteiger partial charge >= 0.3 is 0 Å². The molecule has 114 valence electrons. The topological polar surface area (TPSA) is 76.0 Å². The maximum Gasteiger partial charge on any atom is 0.264 e. The summed E-state index contributed by atoms with van der Waals surface area (Å²) >= 11 is 0. The van der Waals surface area contributed by atoms with Gasteiger partial charge in [-0.3, -0.25) is 9.40 Å². The number of benzene rings is 1. The molecule has 2 aromatic rings. The minimum atomic E-state index is -3.99. The molecule has 1 aromatic carbocycles. The Hall–Kier alpha value is -1.93. The van der Waals surface area contributed by atoms with Crippen LogP contribution in [0.3, 0.4) is 0 Å². The summed E-state index contributed by atoms with van der Waals surface area (Å²) in [6, 6.07) is 4.01. The highest BCUT2D eigenvalue weighted by molar-refractivity contribution is 7.92. The minimum absolute atomic E-state index is 0.301. The van der Waals surface area contributed by atoms with Crippen molar-refractivity contribution < 1.29 is 12.8 Å². The van der Waals surface area contributed by atoms with Crippen LogP contribution in [0.1, 0.15) is 12.5 Å². The smallest absolute Gasteiger partial charge is 0.264 e. The first kappa shape index (κ1) is 15.5. The van der Waals surface area contributed by atoms with Gasteiger partial charge in [-0.25, -0.2) is 12.8 Å². The van der Waals surface area contributed by atoms with Gasteiger partial charge in [0.15, 0.2) is 0 Å². The van der Waals surface area contributed by atoms with Gasteiger partial charge in [0.1, 0.15) is 10.7 Å². The zero-order valence-corrected chi connectivity index (χ0v) is 12.6. The average Bonchev–Trinajstić information content (AvgIpc) is 2.88. The predicted octanol–water partition coefficient (Wildman–Crippen LogP) is 1.56. The van der Waals surface area contributed by atoms with Crippen molar-refractivity contribution in [3.8, 4) is 0 Å². The van der Waals surface area contributed by atoms with Crippen molar-refractivity contribution in [2.45, 2.75) is 24.9 Å². The molecule has 1 heterocycles. The van der Waals surface area contributed by atoms with E-state index in [1.54, 1.807) is 24.0 Å². The van der Waals surface area contributed by atoms with Gasteiger partial charge in [0.05, 0.1) is 11.9 Å². The Labute approximate surface area is 123 Å². The fourth-order valence-corrected chi connectivity index (χ4v) is 3.02. The zero-order chi connectivity index (χ0) is 15.5. The Morgan fingerprint density at radius 2 is 2.14 bits per heavy atom. The molecule has 2 rings (SSSR count). The van der Waals surface area contributed by atoms with Crippen LogP contribution in [0.25, 0.3) is 0 Å². The number of aromatic nitrogens is 2. The van der Waals surface area contributed by atoms with E-state index < -0.39 is 15.8 Å². The Morgan fingerprint density at radius 3 is 2.76 bits per heavy atom. The number of halogens is 1. The molecule has 0 unspecified atom stereocenters. The SMILES string of the molecule is CCn1cc(NS(=O)(=O)c2cc(CNC)ccc2F)cn1. The van der Waals surface area contributed by atoms with E-state index >= 15 is 0 Å². The van der Waals surface area contributed by atoms with Crippen LogP contribution in [0.4, 0.5) is 10.1 Å². The van der Waals surface area contributed by atoms with Crippen molar-refractivity contribution in [3.05, 3.63) is 42.0 Å². The molecule has 8 heteroatoms. The lowest BCUT2D eigenvalue weighted by atomic mass is 10.2. The van der Waals surface area contributed by atoms with Crippen molar-refractivity contribution in [2.24, 2.45) is 0 Å². The van der Waals surface area contributed by atoms with Gasteiger partial charge in [0, 0.05) is 19.3 Å². The van der Waals surface area contributed by atoms with E-state index in [-0.39, 0.29) is 4.90 Å². The Bertz CT molecular complexity index is 728. The third-order valence-corrected chi connectivity index (χ3v) is 4.27. The number of nitrogens with zero attached hydrogens (tertiary/aromatic N) is 2. The molecule has 0 radical (unpaired) electrons. The summed E-state index contributed by atoms with van der Waals surface area (Å²) in [5.74, 6) is -0.787. The van der Waals surface area contributed by atoms with Crippen LogP contribution >= 0.6 is 0 Å². The number of sulfonamides is 1. The molecule has 1 aromatic heterocycles. The third-order valence-electron chi connectivity index (χ3n) is 2.88. The predicted molar refractivity (Wildman–Crippen MR) is 77.9 cm³/mol. The largest absolute Gasteiger partial charge is 0.316 e. The molecule has 0 spiro atoms. The second kappa shape index (κ2) is 6.23. The average molecular weight is 312 g/mol. The first-order chi connectivity index (χ1) is 9.96. The van der Waals surface area contributed by atoms with E-state index in [4.69, 9.17) is 0 Å². The van der Waals surface area contributed by atoms with E-state index in [1.807, 2.05) is 6.92 Å². The quantitative estimate of drug-likeness (QED) is 0.849. The van der Waals surface area contributed by atoms with Crippen LogP contribution < -0.4 is 10.0 Å². The highest BCUT2D eigenvalue weighted by Crippen LogP contribution is 2.20. The van der Waals surface area contributed by atoms with Crippen LogP contribution in [0, 0.1) is 5.82 Å². The number of hydrogen-bond acceptors (Lipinski definition) is 4. The molecule has 0 amide bonds. The number of nitrogens with one attached hydrogen (secondary N) is 2. The molecule has 0 aliphatic heterocycles. The van der Waals surface area contributed by atoms with E-state index in [0.29, 0.717) is 24.3 Å². The van der Waals surface area contributed by atoms with Crippen LogP contribution in [-0.4, -0.2) is 25.2 Å². The van der Waals surface area contributed by atoms with Crippen molar-refractivity contribution in [1.29, 1.82) is 0 Å². The monoisotopic (exact) mass is 312 g/mol. The lowest BCUT2D eigenvalue weighted by Gasteiger charge is -2.09. The molecule has 2 N–H and O–H groups in total. The summed E-state index contributed by atoms with van der Waals surface area (Å²) in [6.07, 6.45) is 2.93. The first-order valence-electron chi connectivity index (χ1n) is 6.44. The third kappa shape index (κ3) is 3.59. The van der Waals surface area contributed by atoms with Gasteiger partial charge in [0.2, 0.25) is 0 Å². The molecular weight excluding hydrogens is 295 g/mol. The maximum absolute atomic E-state index is 13.8. The number of rotatable bonds is 6. The fourth-order valence-electron chi connectivity index (χ4n) is 1.87. The normalized spacial score (nSPS) is 11.6. The van der Waals surface area contributed by atoms with Gasteiger partial charge in [0.25, 0.3) is 10.0 Å². The van der Waals surface area contributed by atoms with Gasteiger partial charge in [-0.05, 0) is 31.7 Å². The van der Waals surface area contributed by atoms with E-state index in [1.165, 1.54) is 12.3 Å². The molecular formula is C13H17FN4O2S. The maximum atomic E-state index is 13.8. The Kier molecular flexibility index (Phi) is 4.59. The van der Waals surface area contributed by atoms with Gasteiger partial charge < -0.3 is 5.32 Å². The lowest BCUT2D eigenvalue weighted by Crippen LogP contribution is -2.15. The molecule has 0 saturated heterocycles. The van der Waals surface area contributed by atoms with Crippen LogP contribution in [0.15, 0.2) is 35.5 Å². The number of aryl methyl sites for hydroxylation is 1. The number of anilines is 1. The molecule has 6 nitrogen and oxygen atoms in total. The fraction of sp³-hybridized carbons (Fsp3) is 0.308. The Balaban J connectivity index is 2.32. The molecule has 0 atom stereocenters. The van der Waals surface area contributed by atoms with Crippen LogP contribution in [-0.2, 0) is 23.1 Å². The van der Waals surface area contributed by atoms with E-state index in [0.717, 1.165) is 6.07 Å².